The Kier molecular flexibility index (Phi) is 4.08. The Morgan fingerprint density at radius 3 is 2.78 bits per heavy atom. The predicted octanol–water partition coefficient (Wildman–Crippen LogP) is -0.0641. The summed E-state index contributed by atoms with van der Waals surface area (Å²) in [6.07, 6.45) is 1.24. The van der Waals surface area contributed by atoms with Crippen LogP contribution in [-0.4, -0.2) is 71.0 Å². The average molecular weight is 378 g/mol. The van der Waals surface area contributed by atoms with Crippen LogP contribution in [0, 0.1) is 0 Å². The molecule has 0 saturated carbocycles. The molecule has 8 heteroatoms. The molecule has 8 nitrogen and oxygen atoms in total. The number of hydrogen-bond acceptors (Lipinski definition) is 8. The highest BCUT2D eigenvalue weighted by molar-refractivity contribution is 5.93. The van der Waals surface area contributed by atoms with E-state index in [-0.39, 0.29) is 30.3 Å². The first kappa shape index (κ1) is 18.4. The summed E-state index contributed by atoms with van der Waals surface area (Å²) in [5.41, 5.74) is -0.999. The van der Waals surface area contributed by atoms with E-state index in [9.17, 15) is 19.8 Å². The van der Waals surface area contributed by atoms with Crippen LogP contribution in [0.4, 0.5) is 0 Å². The molecule has 0 radical (unpaired) electrons. The third-order valence-electron chi connectivity index (χ3n) is 5.63. The number of epoxide rings is 2. The van der Waals surface area contributed by atoms with Crippen LogP contribution in [0.15, 0.2) is 35.5 Å². The van der Waals surface area contributed by atoms with Gasteiger partial charge in [-0.1, -0.05) is 18.7 Å². The van der Waals surface area contributed by atoms with E-state index >= 15 is 0 Å². The highest BCUT2D eigenvalue weighted by atomic mass is 16.7. The molecule has 2 saturated heterocycles. The van der Waals surface area contributed by atoms with Crippen LogP contribution >= 0.6 is 0 Å². The molecule has 146 valence electrons. The predicted molar refractivity (Wildman–Crippen MR) is 90.4 cm³/mol. The third-order valence-corrected chi connectivity index (χ3v) is 5.63. The van der Waals surface area contributed by atoms with Crippen LogP contribution in [0.5, 0.6) is 0 Å². The van der Waals surface area contributed by atoms with E-state index in [4.69, 9.17) is 18.9 Å². The number of esters is 2. The minimum absolute atomic E-state index is 0.0483. The van der Waals surface area contributed by atoms with E-state index in [0.29, 0.717) is 5.57 Å². The van der Waals surface area contributed by atoms with Gasteiger partial charge in [0.2, 0.25) is 0 Å². The number of carbonyl (C=O) groups is 2. The first-order chi connectivity index (χ1) is 12.7. The van der Waals surface area contributed by atoms with Crippen LogP contribution in [0.2, 0.25) is 0 Å². The highest BCUT2D eigenvalue weighted by Gasteiger charge is 2.64. The Bertz CT molecular complexity index is 783. The molecule has 4 rings (SSSR count). The van der Waals surface area contributed by atoms with Gasteiger partial charge in [0.1, 0.15) is 29.5 Å². The zero-order chi connectivity index (χ0) is 19.6. The van der Waals surface area contributed by atoms with Crippen molar-refractivity contribution in [2.75, 3.05) is 13.2 Å². The maximum absolute atomic E-state index is 12.3. The molecule has 27 heavy (non-hydrogen) atoms. The SMILES string of the molecule is C=C(C)C(=O)O[C@H]1C[C@@]2(CO)O[C@H]2/C=C\[C@@]2(C)O[C@@H]2[C@H]2OC(=O)C(CO)=C12. The van der Waals surface area contributed by atoms with Crippen LogP contribution in [0.1, 0.15) is 20.3 Å². The van der Waals surface area contributed by atoms with Crippen molar-refractivity contribution in [3.63, 3.8) is 0 Å². The first-order valence-corrected chi connectivity index (χ1v) is 8.82. The summed E-state index contributed by atoms with van der Waals surface area (Å²) in [5.74, 6) is -1.30. The fraction of sp³-hybridized carbons (Fsp3) is 0.579. The Morgan fingerprint density at radius 2 is 2.15 bits per heavy atom. The number of ether oxygens (including phenoxy) is 4. The van der Waals surface area contributed by atoms with Gasteiger partial charge in [-0.05, 0) is 13.8 Å². The second-order valence-corrected chi connectivity index (χ2v) is 7.64. The zero-order valence-corrected chi connectivity index (χ0v) is 15.1. The Labute approximate surface area is 156 Å². The molecule has 2 N–H and O–H groups in total. The summed E-state index contributed by atoms with van der Waals surface area (Å²) in [4.78, 5) is 24.5. The topological polar surface area (TPSA) is 118 Å². The molecular formula is C19H22O8. The molecule has 0 aromatic carbocycles. The lowest BCUT2D eigenvalue weighted by molar-refractivity contribution is -0.144. The fourth-order valence-corrected chi connectivity index (χ4v) is 3.86. The van der Waals surface area contributed by atoms with E-state index in [2.05, 4.69) is 6.58 Å². The molecule has 3 heterocycles. The number of aliphatic hydroxyl groups excluding tert-OH is 2. The van der Waals surface area contributed by atoms with Gasteiger partial charge >= 0.3 is 11.9 Å². The standard InChI is InChI=1S/C19H22O8/c1-9(2)16(22)24-11-6-19(8-21)12(26-19)4-5-18(3)15(27-18)14-13(11)10(7-20)17(23)25-14/h4-5,11-12,14-15,20-21H,1,6-8H2,2-3H3/b5-4-/t11-,12-,14-,15+,18+,19-/m0/s1. The van der Waals surface area contributed by atoms with Crippen molar-refractivity contribution >= 4 is 11.9 Å². The molecule has 0 unspecified atom stereocenters. The first-order valence-electron chi connectivity index (χ1n) is 8.82. The van der Waals surface area contributed by atoms with E-state index in [1.54, 1.807) is 0 Å². The summed E-state index contributed by atoms with van der Waals surface area (Å²) >= 11 is 0. The van der Waals surface area contributed by atoms with Crippen LogP contribution in [0.25, 0.3) is 0 Å². The van der Waals surface area contributed by atoms with Crippen molar-refractivity contribution in [2.45, 2.75) is 55.9 Å². The largest absolute Gasteiger partial charge is 0.454 e. The maximum Gasteiger partial charge on any atom is 0.337 e. The summed E-state index contributed by atoms with van der Waals surface area (Å²) < 4.78 is 22.5. The number of hydrogen-bond donors (Lipinski definition) is 2. The number of rotatable bonds is 4. The Morgan fingerprint density at radius 1 is 1.41 bits per heavy atom. The van der Waals surface area contributed by atoms with E-state index in [0.717, 1.165) is 0 Å². The Hall–Kier alpha value is -2.00. The molecule has 1 aliphatic carbocycles. The van der Waals surface area contributed by atoms with Gasteiger partial charge in [0.25, 0.3) is 0 Å². The van der Waals surface area contributed by atoms with Gasteiger partial charge in [-0.2, -0.15) is 0 Å². The van der Waals surface area contributed by atoms with Crippen LogP contribution in [-0.2, 0) is 28.5 Å². The second-order valence-electron chi connectivity index (χ2n) is 7.64. The van der Waals surface area contributed by atoms with Crippen molar-refractivity contribution in [1.29, 1.82) is 0 Å². The smallest absolute Gasteiger partial charge is 0.337 e. The molecule has 6 atom stereocenters. The molecule has 0 amide bonds. The average Bonchev–Trinajstić information content (AvgIpc) is 3.47. The van der Waals surface area contributed by atoms with Gasteiger partial charge in [0.05, 0.1) is 18.8 Å². The Balaban J connectivity index is 1.79. The van der Waals surface area contributed by atoms with E-state index in [1.165, 1.54) is 6.92 Å². The van der Waals surface area contributed by atoms with Gasteiger partial charge in [-0.15, -0.1) is 0 Å². The number of fused-ring (bicyclic) bond motifs is 4. The number of carbonyl (C=O) groups excluding carboxylic acids is 2. The minimum atomic E-state index is -0.932. The van der Waals surface area contributed by atoms with E-state index < -0.39 is 48.1 Å². The summed E-state index contributed by atoms with van der Waals surface area (Å²) in [5, 5.41) is 19.6. The molecule has 0 aromatic heterocycles. The second kappa shape index (κ2) is 6.00. The zero-order valence-electron chi connectivity index (χ0n) is 15.1. The van der Waals surface area contributed by atoms with E-state index in [1.807, 2.05) is 19.1 Å². The molecule has 3 aliphatic heterocycles. The van der Waals surface area contributed by atoms with Crippen molar-refractivity contribution in [3.05, 3.63) is 35.5 Å². The highest BCUT2D eigenvalue weighted by Crippen LogP contribution is 2.51. The normalized spacial score (nSPS) is 43.0. The summed E-state index contributed by atoms with van der Waals surface area (Å²) in [6, 6.07) is 0. The quantitative estimate of drug-likeness (QED) is 0.302. The lowest BCUT2D eigenvalue weighted by Crippen LogP contribution is -2.37. The lowest BCUT2D eigenvalue weighted by Gasteiger charge is -2.26. The van der Waals surface area contributed by atoms with Gasteiger partial charge < -0.3 is 29.2 Å². The monoisotopic (exact) mass is 378 g/mol. The summed E-state index contributed by atoms with van der Waals surface area (Å²) in [6.45, 7) is 6.10. The van der Waals surface area contributed by atoms with Crippen molar-refractivity contribution < 1.29 is 38.7 Å². The molecule has 0 spiro atoms. The van der Waals surface area contributed by atoms with Crippen LogP contribution in [0.3, 0.4) is 0 Å². The van der Waals surface area contributed by atoms with Gasteiger partial charge in [0.15, 0.2) is 6.10 Å². The van der Waals surface area contributed by atoms with Crippen molar-refractivity contribution in [2.24, 2.45) is 0 Å². The van der Waals surface area contributed by atoms with Gasteiger partial charge in [-0.3, -0.25) is 0 Å². The van der Waals surface area contributed by atoms with Crippen molar-refractivity contribution in [3.8, 4) is 0 Å². The number of aliphatic hydroxyl groups is 2. The van der Waals surface area contributed by atoms with Gasteiger partial charge in [0, 0.05) is 17.6 Å². The maximum atomic E-state index is 12.3. The fourth-order valence-electron chi connectivity index (χ4n) is 3.86. The third kappa shape index (κ3) is 2.84. The minimum Gasteiger partial charge on any atom is -0.454 e. The molecule has 2 fully saturated rings. The molecule has 0 aromatic rings. The molecule has 4 aliphatic rings. The van der Waals surface area contributed by atoms with Gasteiger partial charge in [-0.25, -0.2) is 9.59 Å². The molecular weight excluding hydrogens is 356 g/mol. The summed E-state index contributed by atoms with van der Waals surface area (Å²) in [7, 11) is 0. The molecule has 0 bridgehead atoms. The van der Waals surface area contributed by atoms with Crippen molar-refractivity contribution in [1.82, 2.24) is 0 Å². The lowest BCUT2D eigenvalue weighted by atomic mass is 9.85. The van der Waals surface area contributed by atoms with Crippen LogP contribution < -0.4 is 0 Å².